The maximum absolute atomic E-state index is 13.1. The molecule has 0 spiro atoms. The van der Waals surface area contributed by atoms with E-state index in [0.717, 1.165) is 36.7 Å². The number of carbonyl (C=O) groups is 1. The van der Waals surface area contributed by atoms with E-state index in [0.29, 0.717) is 19.4 Å². The number of piperidine rings is 2. The molecule has 2 heterocycles. The Labute approximate surface area is 195 Å². The van der Waals surface area contributed by atoms with Crippen molar-refractivity contribution >= 4 is 21.6 Å². The van der Waals surface area contributed by atoms with E-state index in [2.05, 4.69) is 41.4 Å². The van der Waals surface area contributed by atoms with Crippen molar-refractivity contribution in [3.63, 3.8) is 0 Å². The average molecular weight is 474 g/mol. The highest BCUT2D eigenvalue weighted by molar-refractivity contribution is 7.89. The van der Waals surface area contributed by atoms with E-state index in [1.54, 1.807) is 0 Å². The van der Waals surface area contributed by atoms with Crippen LogP contribution < -0.4 is 10.2 Å². The minimum atomic E-state index is -3.67. The number of nitrogens with zero attached hydrogens (tertiary/aromatic N) is 2. The van der Waals surface area contributed by atoms with E-state index in [9.17, 15) is 17.6 Å². The van der Waals surface area contributed by atoms with Crippen LogP contribution >= 0.6 is 0 Å². The molecule has 0 radical (unpaired) electrons. The Kier molecular flexibility index (Phi) is 7.34. The summed E-state index contributed by atoms with van der Waals surface area (Å²) in [6, 6.07) is 13.2. The first-order chi connectivity index (χ1) is 15.8. The van der Waals surface area contributed by atoms with Gasteiger partial charge in [-0.3, -0.25) is 4.79 Å². The summed E-state index contributed by atoms with van der Waals surface area (Å²) in [7, 11) is -3.67. The molecule has 6 nitrogen and oxygen atoms in total. The SMILES string of the molecule is CC1CCCN(c2ccc(CNC(=O)C3CCN(S(=O)(=O)c4ccc(F)cc4)CC3)cc2)C1. The van der Waals surface area contributed by atoms with Crippen LogP contribution in [0.4, 0.5) is 10.1 Å². The smallest absolute Gasteiger partial charge is 0.243 e. The van der Waals surface area contributed by atoms with Gasteiger partial charge in [-0.15, -0.1) is 0 Å². The van der Waals surface area contributed by atoms with Crippen molar-refractivity contribution in [2.24, 2.45) is 11.8 Å². The van der Waals surface area contributed by atoms with E-state index < -0.39 is 15.8 Å². The largest absolute Gasteiger partial charge is 0.371 e. The Morgan fingerprint density at radius 2 is 1.67 bits per heavy atom. The van der Waals surface area contributed by atoms with Crippen molar-refractivity contribution in [2.45, 2.75) is 44.0 Å². The van der Waals surface area contributed by atoms with Crippen LogP contribution in [0.25, 0.3) is 0 Å². The number of nitrogens with one attached hydrogen (secondary N) is 1. The standard InChI is InChI=1S/C25H32FN3O3S/c1-19-3-2-14-28(18-19)23-8-4-20(5-9-23)17-27-25(30)21-12-15-29(16-13-21)33(31,32)24-10-6-22(26)7-11-24/h4-11,19,21H,2-3,12-18H2,1H3,(H,27,30). The molecule has 1 atom stereocenters. The Morgan fingerprint density at radius 1 is 1.00 bits per heavy atom. The molecule has 0 aliphatic carbocycles. The van der Waals surface area contributed by atoms with Gasteiger partial charge in [-0.1, -0.05) is 19.1 Å². The van der Waals surface area contributed by atoms with Gasteiger partial charge in [0.1, 0.15) is 5.82 Å². The molecular weight excluding hydrogens is 441 g/mol. The summed E-state index contributed by atoms with van der Waals surface area (Å²) in [5.74, 6) is -0.00332. The van der Waals surface area contributed by atoms with Crippen molar-refractivity contribution in [1.82, 2.24) is 9.62 Å². The third kappa shape index (κ3) is 5.73. The molecule has 33 heavy (non-hydrogen) atoms. The lowest BCUT2D eigenvalue weighted by molar-refractivity contribution is -0.126. The fourth-order valence-corrected chi connectivity index (χ4v) is 6.17. The van der Waals surface area contributed by atoms with Crippen molar-refractivity contribution in [1.29, 1.82) is 0 Å². The molecule has 2 aromatic carbocycles. The zero-order chi connectivity index (χ0) is 23.4. The summed E-state index contributed by atoms with van der Waals surface area (Å²) in [4.78, 5) is 15.2. The van der Waals surface area contributed by atoms with Crippen LogP contribution in [0.1, 0.15) is 38.2 Å². The number of sulfonamides is 1. The number of benzene rings is 2. The molecule has 1 amide bonds. The number of amides is 1. The number of rotatable bonds is 6. The first kappa shape index (κ1) is 23.7. The van der Waals surface area contributed by atoms with E-state index in [1.807, 2.05) is 0 Å². The van der Waals surface area contributed by atoms with Gasteiger partial charge in [-0.05, 0) is 73.6 Å². The summed E-state index contributed by atoms with van der Waals surface area (Å²) in [5, 5.41) is 3.00. The minimum Gasteiger partial charge on any atom is -0.371 e. The first-order valence-electron chi connectivity index (χ1n) is 11.7. The number of carbonyl (C=O) groups excluding carboxylic acids is 1. The second-order valence-electron chi connectivity index (χ2n) is 9.21. The van der Waals surface area contributed by atoms with Crippen LogP contribution in [0.2, 0.25) is 0 Å². The Hall–Kier alpha value is -2.45. The van der Waals surface area contributed by atoms with Crippen LogP contribution in [0, 0.1) is 17.7 Å². The van der Waals surface area contributed by atoms with Crippen LogP contribution in [-0.2, 0) is 21.4 Å². The molecule has 1 N–H and O–H groups in total. The van der Waals surface area contributed by atoms with Gasteiger partial charge in [-0.2, -0.15) is 4.31 Å². The molecule has 2 aromatic rings. The fourth-order valence-electron chi connectivity index (χ4n) is 4.70. The van der Waals surface area contributed by atoms with Crippen molar-refractivity contribution < 1.29 is 17.6 Å². The molecule has 4 rings (SSSR count). The number of anilines is 1. The maximum atomic E-state index is 13.1. The van der Waals surface area contributed by atoms with Crippen molar-refractivity contribution in [3.8, 4) is 0 Å². The van der Waals surface area contributed by atoms with Gasteiger partial charge in [0.05, 0.1) is 4.90 Å². The van der Waals surface area contributed by atoms with Gasteiger partial charge in [0.25, 0.3) is 0 Å². The number of hydrogen-bond acceptors (Lipinski definition) is 4. The van der Waals surface area contributed by atoms with E-state index in [-0.39, 0.29) is 29.8 Å². The molecule has 0 saturated carbocycles. The van der Waals surface area contributed by atoms with Crippen LogP contribution in [-0.4, -0.2) is 44.8 Å². The molecule has 2 fully saturated rings. The van der Waals surface area contributed by atoms with Gasteiger partial charge in [-0.25, -0.2) is 12.8 Å². The maximum Gasteiger partial charge on any atom is 0.243 e. The zero-order valence-corrected chi connectivity index (χ0v) is 19.9. The van der Waals surface area contributed by atoms with Gasteiger partial charge in [0, 0.05) is 44.3 Å². The van der Waals surface area contributed by atoms with E-state index in [1.165, 1.54) is 35.0 Å². The summed E-state index contributed by atoms with van der Waals surface area (Å²) in [5.41, 5.74) is 2.28. The van der Waals surface area contributed by atoms with Gasteiger partial charge >= 0.3 is 0 Å². The number of hydrogen-bond donors (Lipinski definition) is 1. The Morgan fingerprint density at radius 3 is 2.30 bits per heavy atom. The second kappa shape index (κ2) is 10.2. The lowest BCUT2D eigenvalue weighted by atomic mass is 9.97. The molecule has 2 saturated heterocycles. The van der Waals surface area contributed by atoms with Crippen LogP contribution in [0.5, 0.6) is 0 Å². The molecule has 1 unspecified atom stereocenters. The minimum absolute atomic E-state index is 0.0391. The van der Waals surface area contributed by atoms with E-state index >= 15 is 0 Å². The predicted octanol–water partition coefficient (Wildman–Crippen LogP) is 3.78. The topological polar surface area (TPSA) is 69.7 Å². The highest BCUT2D eigenvalue weighted by Gasteiger charge is 2.32. The molecule has 178 valence electrons. The lowest BCUT2D eigenvalue weighted by Crippen LogP contribution is -2.42. The normalized spacial score (nSPS) is 20.5. The first-order valence-corrected chi connectivity index (χ1v) is 13.1. The summed E-state index contributed by atoms with van der Waals surface area (Å²) in [6.45, 7) is 5.49. The molecule has 0 aromatic heterocycles. The van der Waals surface area contributed by atoms with E-state index in [4.69, 9.17) is 0 Å². The van der Waals surface area contributed by atoms with Gasteiger partial charge in [0.2, 0.25) is 15.9 Å². The van der Waals surface area contributed by atoms with Crippen LogP contribution in [0.15, 0.2) is 53.4 Å². The quantitative estimate of drug-likeness (QED) is 0.693. The third-order valence-corrected chi connectivity index (χ3v) is 8.61. The zero-order valence-electron chi connectivity index (χ0n) is 19.0. The Balaban J connectivity index is 1.26. The predicted molar refractivity (Wildman–Crippen MR) is 127 cm³/mol. The third-order valence-electron chi connectivity index (χ3n) is 6.70. The summed E-state index contributed by atoms with van der Waals surface area (Å²) < 4.78 is 40.0. The number of halogens is 1. The lowest BCUT2D eigenvalue weighted by Gasteiger charge is -2.33. The van der Waals surface area contributed by atoms with Crippen molar-refractivity contribution in [2.75, 3.05) is 31.1 Å². The monoisotopic (exact) mass is 473 g/mol. The van der Waals surface area contributed by atoms with Gasteiger partial charge < -0.3 is 10.2 Å². The summed E-state index contributed by atoms with van der Waals surface area (Å²) >= 11 is 0. The Bertz CT molecular complexity index is 1050. The molecular formula is C25H32FN3O3S. The molecule has 2 aliphatic heterocycles. The summed E-state index contributed by atoms with van der Waals surface area (Å²) in [6.07, 6.45) is 3.46. The second-order valence-corrected chi connectivity index (χ2v) is 11.1. The molecule has 2 aliphatic rings. The molecule has 8 heteroatoms. The highest BCUT2D eigenvalue weighted by Crippen LogP contribution is 2.25. The van der Waals surface area contributed by atoms with Crippen molar-refractivity contribution in [3.05, 3.63) is 59.9 Å². The molecule has 0 bridgehead atoms. The van der Waals surface area contributed by atoms with Crippen LogP contribution in [0.3, 0.4) is 0 Å². The highest BCUT2D eigenvalue weighted by atomic mass is 32.2. The van der Waals surface area contributed by atoms with Gasteiger partial charge in [0.15, 0.2) is 0 Å². The average Bonchev–Trinajstić information content (AvgIpc) is 2.83. The fraction of sp³-hybridized carbons (Fsp3) is 0.480.